The van der Waals surface area contributed by atoms with Crippen molar-refractivity contribution in [3.8, 4) is 11.1 Å². The second kappa shape index (κ2) is 3.49. The van der Waals surface area contributed by atoms with Crippen LogP contribution in [0.1, 0.15) is 0 Å². The van der Waals surface area contributed by atoms with Crippen LogP contribution in [0.15, 0.2) is 37.1 Å². The summed E-state index contributed by atoms with van der Waals surface area (Å²) >= 11 is 5.89. The predicted molar refractivity (Wildman–Crippen MR) is 50.3 cm³/mol. The van der Waals surface area contributed by atoms with Gasteiger partial charge in [0.25, 0.3) is 0 Å². The van der Waals surface area contributed by atoms with E-state index >= 15 is 0 Å². The molecule has 0 spiro atoms. The second-order valence-electron chi connectivity index (χ2n) is 2.46. The molecule has 0 atom stereocenters. The number of rotatable bonds is 1. The Hall–Kier alpha value is -1.48. The first kappa shape index (κ1) is 8.13. The van der Waals surface area contributed by atoms with Crippen LogP contribution < -0.4 is 0 Å². The highest BCUT2D eigenvalue weighted by Crippen LogP contribution is 2.23. The van der Waals surface area contributed by atoms with E-state index < -0.39 is 0 Å². The number of hydrogen-bond acceptors (Lipinski definition) is 3. The van der Waals surface area contributed by atoms with E-state index in [0.29, 0.717) is 5.15 Å². The zero-order chi connectivity index (χ0) is 9.10. The topological polar surface area (TPSA) is 38.7 Å². The summed E-state index contributed by atoms with van der Waals surface area (Å²) in [6.07, 6.45) is 6.52. The van der Waals surface area contributed by atoms with Gasteiger partial charge in [-0.25, -0.2) is 9.97 Å². The van der Waals surface area contributed by atoms with Gasteiger partial charge in [-0.05, 0) is 17.7 Å². The summed E-state index contributed by atoms with van der Waals surface area (Å²) in [5, 5.41) is 0.459. The Morgan fingerprint density at radius 2 is 1.85 bits per heavy atom. The highest BCUT2D eigenvalue weighted by Gasteiger charge is 2.02. The molecular formula is C9H6ClN3. The molecule has 64 valence electrons. The maximum atomic E-state index is 5.89. The molecule has 2 aromatic rings. The molecule has 0 saturated carbocycles. The van der Waals surface area contributed by atoms with E-state index in [1.807, 2.05) is 12.1 Å². The lowest BCUT2D eigenvalue weighted by atomic mass is 10.1. The Kier molecular flexibility index (Phi) is 2.19. The van der Waals surface area contributed by atoms with Gasteiger partial charge >= 0.3 is 0 Å². The first-order valence-corrected chi connectivity index (χ1v) is 4.11. The fraction of sp³-hybridized carbons (Fsp3) is 0. The fourth-order valence-corrected chi connectivity index (χ4v) is 1.24. The van der Waals surface area contributed by atoms with E-state index in [9.17, 15) is 0 Å². The summed E-state index contributed by atoms with van der Waals surface area (Å²) in [6.45, 7) is 0. The molecule has 0 amide bonds. The molecule has 0 aliphatic heterocycles. The Labute approximate surface area is 80.5 Å². The van der Waals surface area contributed by atoms with Crippen molar-refractivity contribution in [1.82, 2.24) is 15.0 Å². The third kappa shape index (κ3) is 1.65. The van der Waals surface area contributed by atoms with Gasteiger partial charge in [0.1, 0.15) is 11.5 Å². The first-order chi connectivity index (χ1) is 6.38. The van der Waals surface area contributed by atoms with Crippen LogP contribution in [0.4, 0.5) is 0 Å². The lowest BCUT2D eigenvalue weighted by Gasteiger charge is -2.00. The van der Waals surface area contributed by atoms with Gasteiger partial charge in [0.2, 0.25) is 0 Å². The molecule has 0 bridgehead atoms. The molecule has 0 fully saturated rings. The van der Waals surface area contributed by atoms with E-state index in [1.54, 1.807) is 18.6 Å². The number of halogens is 1. The molecular weight excluding hydrogens is 186 g/mol. The van der Waals surface area contributed by atoms with E-state index in [-0.39, 0.29) is 0 Å². The van der Waals surface area contributed by atoms with E-state index in [4.69, 9.17) is 11.6 Å². The molecule has 0 saturated heterocycles. The van der Waals surface area contributed by atoms with Gasteiger partial charge in [-0.3, -0.25) is 4.98 Å². The molecule has 3 nitrogen and oxygen atoms in total. The van der Waals surface area contributed by atoms with Gasteiger partial charge < -0.3 is 0 Å². The molecule has 2 aromatic heterocycles. The molecule has 0 aliphatic rings. The van der Waals surface area contributed by atoms with Crippen LogP contribution in [0.25, 0.3) is 11.1 Å². The molecule has 0 unspecified atom stereocenters. The monoisotopic (exact) mass is 191 g/mol. The summed E-state index contributed by atoms with van der Waals surface area (Å²) < 4.78 is 0. The Balaban J connectivity index is 2.54. The van der Waals surface area contributed by atoms with Crippen molar-refractivity contribution in [3.63, 3.8) is 0 Å². The van der Waals surface area contributed by atoms with Crippen LogP contribution in [-0.4, -0.2) is 15.0 Å². The maximum absolute atomic E-state index is 5.89. The van der Waals surface area contributed by atoms with Gasteiger partial charge in [-0.1, -0.05) is 11.6 Å². The summed E-state index contributed by atoms with van der Waals surface area (Å²) in [5.74, 6) is 0. The minimum absolute atomic E-state index is 0.459. The number of aromatic nitrogens is 3. The van der Waals surface area contributed by atoms with Crippen LogP contribution in [0.2, 0.25) is 5.15 Å². The molecule has 0 aliphatic carbocycles. The Morgan fingerprint density at radius 3 is 2.54 bits per heavy atom. The third-order valence-electron chi connectivity index (χ3n) is 1.65. The lowest BCUT2D eigenvalue weighted by molar-refractivity contribution is 1.17. The SMILES string of the molecule is Clc1ncncc1-c1ccncc1. The average Bonchev–Trinajstić information content (AvgIpc) is 2.20. The van der Waals surface area contributed by atoms with Gasteiger partial charge in [0.15, 0.2) is 0 Å². The normalized spacial score (nSPS) is 9.92. The first-order valence-electron chi connectivity index (χ1n) is 3.74. The number of pyridine rings is 1. The van der Waals surface area contributed by atoms with Crippen LogP contribution in [0.3, 0.4) is 0 Å². The van der Waals surface area contributed by atoms with Crippen molar-refractivity contribution in [1.29, 1.82) is 0 Å². The molecule has 0 aromatic carbocycles. The Morgan fingerprint density at radius 1 is 1.08 bits per heavy atom. The van der Waals surface area contributed by atoms with Gasteiger partial charge in [0.05, 0.1) is 0 Å². The van der Waals surface area contributed by atoms with E-state index in [0.717, 1.165) is 11.1 Å². The summed E-state index contributed by atoms with van der Waals surface area (Å²) in [7, 11) is 0. The predicted octanol–water partition coefficient (Wildman–Crippen LogP) is 2.19. The van der Waals surface area contributed by atoms with Gasteiger partial charge in [-0.2, -0.15) is 0 Å². The maximum Gasteiger partial charge on any atom is 0.140 e. The van der Waals surface area contributed by atoms with Crippen molar-refractivity contribution in [2.75, 3.05) is 0 Å². The van der Waals surface area contributed by atoms with Gasteiger partial charge in [0, 0.05) is 24.2 Å². The van der Waals surface area contributed by atoms with E-state index in [1.165, 1.54) is 6.33 Å². The minimum atomic E-state index is 0.459. The highest BCUT2D eigenvalue weighted by atomic mass is 35.5. The van der Waals surface area contributed by atoms with Crippen LogP contribution in [-0.2, 0) is 0 Å². The van der Waals surface area contributed by atoms with Crippen LogP contribution >= 0.6 is 11.6 Å². The third-order valence-corrected chi connectivity index (χ3v) is 1.96. The smallest absolute Gasteiger partial charge is 0.140 e. The molecule has 0 radical (unpaired) electrons. The standard InChI is InChI=1S/C9H6ClN3/c10-9-8(5-12-6-13-9)7-1-3-11-4-2-7/h1-6H. The van der Waals surface area contributed by atoms with Gasteiger partial charge in [-0.15, -0.1) is 0 Å². The van der Waals surface area contributed by atoms with Crippen molar-refractivity contribution >= 4 is 11.6 Å². The second-order valence-corrected chi connectivity index (χ2v) is 2.82. The molecule has 0 N–H and O–H groups in total. The largest absolute Gasteiger partial charge is 0.265 e. The summed E-state index contributed by atoms with van der Waals surface area (Å²) in [6, 6.07) is 3.73. The average molecular weight is 192 g/mol. The van der Waals surface area contributed by atoms with Crippen LogP contribution in [0.5, 0.6) is 0 Å². The van der Waals surface area contributed by atoms with Crippen LogP contribution in [0, 0.1) is 0 Å². The van der Waals surface area contributed by atoms with E-state index in [2.05, 4.69) is 15.0 Å². The van der Waals surface area contributed by atoms with Crippen molar-refractivity contribution < 1.29 is 0 Å². The molecule has 2 heterocycles. The molecule has 4 heteroatoms. The quantitative estimate of drug-likeness (QED) is 0.649. The van der Waals surface area contributed by atoms with Crippen molar-refractivity contribution in [3.05, 3.63) is 42.2 Å². The zero-order valence-corrected chi connectivity index (χ0v) is 7.44. The minimum Gasteiger partial charge on any atom is -0.265 e. The summed E-state index contributed by atoms with van der Waals surface area (Å²) in [5.41, 5.74) is 1.80. The molecule has 13 heavy (non-hydrogen) atoms. The molecule has 2 rings (SSSR count). The van der Waals surface area contributed by atoms with Crippen molar-refractivity contribution in [2.24, 2.45) is 0 Å². The zero-order valence-electron chi connectivity index (χ0n) is 6.68. The summed E-state index contributed by atoms with van der Waals surface area (Å²) in [4.78, 5) is 11.7. The lowest BCUT2D eigenvalue weighted by Crippen LogP contribution is -1.84. The Bertz CT molecular complexity index is 403. The number of nitrogens with zero attached hydrogens (tertiary/aromatic N) is 3. The van der Waals surface area contributed by atoms with Crippen molar-refractivity contribution in [2.45, 2.75) is 0 Å². The fourth-order valence-electron chi connectivity index (χ4n) is 1.04. The number of hydrogen-bond donors (Lipinski definition) is 0. The highest BCUT2D eigenvalue weighted by molar-refractivity contribution is 6.32.